The van der Waals surface area contributed by atoms with E-state index < -0.39 is 17.6 Å². The van der Waals surface area contributed by atoms with Crippen molar-refractivity contribution >= 4 is 12.1 Å². The van der Waals surface area contributed by atoms with E-state index in [4.69, 9.17) is 9.84 Å². The molecule has 0 aliphatic heterocycles. The molecular weight excluding hydrogens is 234 g/mol. The van der Waals surface area contributed by atoms with Gasteiger partial charge in [-0.25, -0.2) is 4.79 Å². The van der Waals surface area contributed by atoms with Gasteiger partial charge in [0.15, 0.2) is 0 Å². The Balaban J connectivity index is 1.78. The number of alkyl carbamates (subject to hydrolysis) is 1. The molecule has 0 aromatic heterocycles. The average Bonchev–Trinajstić information content (AvgIpc) is 3.06. The van der Waals surface area contributed by atoms with Gasteiger partial charge >= 0.3 is 12.1 Å². The summed E-state index contributed by atoms with van der Waals surface area (Å²) in [7, 11) is 0. The molecule has 0 heterocycles. The molecular formula is C13H15NO4. The minimum Gasteiger partial charge on any atom is -0.481 e. The summed E-state index contributed by atoms with van der Waals surface area (Å²) in [6, 6.07) is 9.33. The van der Waals surface area contributed by atoms with E-state index in [0.717, 1.165) is 5.56 Å². The molecule has 1 amide bonds. The number of carboxylic acids is 1. The third-order valence-corrected chi connectivity index (χ3v) is 2.92. The van der Waals surface area contributed by atoms with E-state index in [1.807, 2.05) is 30.3 Å². The van der Waals surface area contributed by atoms with Crippen molar-refractivity contribution in [2.24, 2.45) is 0 Å². The molecule has 1 aliphatic rings. The highest BCUT2D eigenvalue weighted by Crippen LogP contribution is 2.38. The molecule has 2 rings (SSSR count). The topological polar surface area (TPSA) is 75.6 Å². The van der Waals surface area contributed by atoms with Gasteiger partial charge in [-0.05, 0) is 18.4 Å². The zero-order valence-electron chi connectivity index (χ0n) is 9.89. The lowest BCUT2D eigenvalue weighted by Gasteiger charge is -2.14. The van der Waals surface area contributed by atoms with Gasteiger partial charge in [0.25, 0.3) is 0 Å². The van der Waals surface area contributed by atoms with E-state index in [-0.39, 0.29) is 13.0 Å². The summed E-state index contributed by atoms with van der Waals surface area (Å²) < 4.78 is 5.04. The number of aliphatic carboxylic acids is 1. The fraction of sp³-hybridized carbons (Fsp3) is 0.385. The monoisotopic (exact) mass is 249 g/mol. The number of benzene rings is 1. The summed E-state index contributed by atoms with van der Waals surface area (Å²) >= 11 is 0. The Hall–Kier alpha value is -2.04. The Kier molecular flexibility index (Phi) is 3.50. The Morgan fingerprint density at radius 2 is 1.94 bits per heavy atom. The number of amides is 1. The van der Waals surface area contributed by atoms with Crippen molar-refractivity contribution in [1.29, 1.82) is 0 Å². The van der Waals surface area contributed by atoms with Crippen molar-refractivity contribution in [3.8, 4) is 0 Å². The maximum Gasteiger partial charge on any atom is 0.407 e. The Morgan fingerprint density at radius 3 is 2.50 bits per heavy atom. The summed E-state index contributed by atoms with van der Waals surface area (Å²) in [6.07, 6.45) is 0.782. The van der Waals surface area contributed by atoms with E-state index in [1.165, 1.54) is 0 Å². The second kappa shape index (κ2) is 5.08. The number of nitrogens with one attached hydrogen (secondary N) is 1. The van der Waals surface area contributed by atoms with Crippen LogP contribution in [-0.2, 0) is 16.1 Å². The first-order valence-electron chi connectivity index (χ1n) is 5.80. The second-order valence-corrected chi connectivity index (χ2v) is 4.54. The van der Waals surface area contributed by atoms with E-state index in [2.05, 4.69) is 5.32 Å². The summed E-state index contributed by atoms with van der Waals surface area (Å²) in [5.41, 5.74) is 0.315. The number of carbonyl (C=O) groups is 2. The first-order valence-corrected chi connectivity index (χ1v) is 5.80. The van der Waals surface area contributed by atoms with Crippen LogP contribution in [0.15, 0.2) is 30.3 Å². The molecule has 0 unspecified atom stereocenters. The van der Waals surface area contributed by atoms with E-state index in [0.29, 0.717) is 12.8 Å². The van der Waals surface area contributed by atoms with Crippen molar-refractivity contribution in [2.75, 3.05) is 0 Å². The molecule has 18 heavy (non-hydrogen) atoms. The predicted octanol–water partition coefficient (Wildman–Crippen LogP) is 1.92. The minimum absolute atomic E-state index is 0.0482. The standard InChI is InChI=1S/C13H15NO4/c15-11(16)8-13(6-7-13)14-12(17)18-9-10-4-2-1-3-5-10/h1-5H,6-9H2,(H,14,17)(H,15,16). The molecule has 5 heteroatoms. The highest BCUT2D eigenvalue weighted by atomic mass is 16.5. The van der Waals surface area contributed by atoms with Gasteiger partial charge in [-0.1, -0.05) is 30.3 Å². The normalized spacial score (nSPS) is 15.8. The molecule has 1 aliphatic carbocycles. The van der Waals surface area contributed by atoms with Gasteiger partial charge in [0.1, 0.15) is 6.61 Å². The largest absolute Gasteiger partial charge is 0.481 e. The number of rotatable bonds is 5. The van der Waals surface area contributed by atoms with Crippen molar-refractivity contribution in [2.45, 2.75) is 31.4 Å². The van der Waals surface area contributed by atoms with Crippen LogP contribution in [0.1, 0.15) is 24.8 Å². The van der Waals surface area contributed by atoms with Gasteiger partial charge in [0.2, 0.25) is 0 Å². The summed E-state index contributed by atoms with van der Waals surface area (Å²) in [6.45, 7) is 0.190. The molecule has 1 saturated carbocycles. The van der Waals surface area contributed by atoms with E-state index in [9.17, 15) is 9.59 Å². The fourth-order valence-corrected chi connectivity index (χ4v) is 1.76. The second-order valence-electron chi connectivity index (χ2n) is 4.54. The minimum atomic E-state index is -0.907. The van der Waals surface area contributed by atoms with Crippen LogP contribution in [0.3, 0.4) is 0 Å². The van der Waals surface area contributed by atoms with Crippen LogP contribution in [0.25, 0.3) is 0 Å². The highest BCUT2D eigenvalue weighted by Gasteiger charge is 2.46. The summed E-state index contributed by atoms with van der Waals surface area (Å²) in [5.74, 6) is -0.907. The zero-order valence-corrected chi connectivity index (χ0v) is 9.89. The maximum absolute atomic E-state index is 11.5. The number of carboxylic acid groups (broad SMARTS) is 1. The van der Waals surface area contributed by atoms with Crippen molar-refractivity contribution < 1.29 is 19.4 Å². The van der Waals surface area contributed by atoms with Crippen LogP contribution < -0.4 is 5.32 Å². The van der Waals surface area contributed by atoms with Crippen LogP contribution in [0.2, 0.25) is 0 Å². The molecule has 5 nitrogen and oxygen atoms in total. The van der Waals surface area contributed by atoms with Gasteiger partial charge in [-0.15, -0.1) is 0 Å². The number of ether oxygens (including phenoxy) is 1. The van der Waals surface area contributed by atoms with Crippen LogP contribution in [0.4, 0.5) is 4.79 Å². The third kappa shape index (κ3) is 3.48. The van der Waals surface area contributed by atoms with Crippen molar-refractivity contribution in [1.82, 2.24) is 5.32 Å². The number of carbonyl (C=O) groups excluding carboxylic acids is 1. The molecule has 0 radical (unpaired) electrons. The van der Waals surface area contributed by atoms with Gasteiger partial charge in [0, 0.05) is 0 Å². The fourth-order valence-electron chi connectivity index (χ4n) is 1.76. The number of hydrogen-bond donors (Lipinski definition) is 2. The van der Waals surface area contributed by atoms with Gasteiger partial charge < -0.3 is 15.2 Å². The zero-order chi connectivity index (χ0) is 13.0. The van der Waals surface area contributed by atoms with Gasteiger partial charge in [-0.2, -0.15) is 0 Å². The highest BCUT2D eigenvalue weighted by molar-refractivity contribution is 5.73. The predicted molar refractivity (Wildman–Crippen MR) is 64.0 cm³/mol. The quantitative estimate of drug-likeness (QED) is 0.836. The molecule has 1 aromatic rings. The van der Waals surface area contributed by atoms with Crippen LogP contribution in [-0.4, -0.2) is 22.7 Å². The van der Waals surface area contributed by atoms with E-state index >= 15 is 0 Å². The van der Waals surface area contributed by atoms with Crippen molar-refractivity contribution in [3.05, 3.63) is 35.9 Å². The Labute approximate surface area is 105 Å². The molecule has 0 bridgehead atoms. The molecule has 0 spiro atoms. The lowest BCUT2D eigenvalue weighted by molar-refractivity contribution is -0.137. The molecule has 0 atom stereocenters. The first-order chi connectivity index (χ1) is 8.60. The number of hydrogen-bond acceptors (Lipinski definition) is 3. The van der Waals surface area contributed by atoms with Crippen molar-refractivity contribution in [3.63, 3.8) is 0 Å². The summed E-state index contributed by atoms with van der Waals surface area (Å²) in [4.78, 5) is 22.2. The van der Waals surface area contributed by atoms with E-state index in [1.54, 1.807) is 0 Å². The lowest BCUT2D eigenvalue weighted by Crippen LogP contribution is -2.38. The molecule has 1 aromatic carbocycles. The average molecular weight is 249 g/mol. The first kappa shape index (κ1) is 12.4. The van der Waals surface area contributed by atoms with Crippen LogP contribution in [0.5, 0.6) is 0 Å². The lowest BCUT2D eigenvalue weighted by atomic mass is 10.2. The molecule has 0 saturated heterocycles. The maximum atomic E-state index is 11.5. The van der Waals surface area contributed by atoms with Crippen LogP contribution >= 0.6 is 0 Å². The Morgan fingerprint density at radius 1 is 1.28 bits per heavy atom. The SMILES string of the molecule is O=C(O)CC1(NC(=O)OCc2ccccc2)CC1. The molecule has 1 fully saturated rings. The van der Waals surface area contributed by atoms with Crippen LogP contribution in [0, 0.1) is 0 Å². The Bertz CT molecular complexity index is 440. The molecule has 96 valence electrons. The molecule has 2 N–H and O–H groups in total. The van der Waals surface area contributed by atoms with Gasteiger partial charge in [0.05, 0.1) is 12.0 Å². The van der Waals surface area contributed by atoms with Gasteiger partial charge in [-0.3, -0.25) is 4.79 Å². The third-order valence-electron chi connectivity index (χ3n) is 2.92. The smallest absolute Gasteiger partial charge is 0.407 e. The summed E-state index contributed by atoms with van der Waals surface area (Å²) in [5, 5.41) is 11.3.